The summed E-state index contributed by atoms with van der Waals surface area (Å²) in [5.74, 6) is 1.11. The predicted octanol–water partition coefficient (Wildman–Crippen LogP) is 3.73. The zero-order valence-corrected chi connectivity index (χ0v) is 17.9. The minimum Gasteiger partial charge on any atom is -0.466 e. The van der Waals surface area contributed by atoms with Crippen LogP contribution in [0.25, 0.3) is 0 Å². The number of amides is 4. The molecule has 9 heteroatoms. The number of piperazine rings is 1. The van der Waals surface area contributed by atoms with Crippen molar-refractivity contribution in [1.29, 1.82) is 0 Å². The molecule has 4 amide bonds. The molecular weight excluding hydrogens is 412 g/mol. The summed E-state index contributed by atoms with van der Waals surface area (Å²) < 4.78 is 10.5. The molecule has 2 aromatic heterocycles. The van der Waals surface area contributed by atoms with Crippen molar-refractivity contribution >= 4 is 29.2 Å². The number of benzene rings is 1. The van der Waals surface area contributed by atoms with Crippen LogP contribution in [0, 0.1) is 13.8 Å². The average Bonchev–Trinajstić information content (AvgIpc) is 3.44. The van der Waals surface area contributed by atoms with E-state index in [1.54, 1.807) is 59.2 Å². The monoisotopic (exact) mass is 436 g/mol. The molecule has 9 nitrogen and oxygen atoms in total. The molecule has 3 aromatic rings. The number of furan rings is 2. The summed E-state index contributed by atoms with van der Waals surface area (Å²) in [5, 5.41) is 5.57. The second-order valence-electron chi connectivity index (χ2n) is 7.55. The summed E-state index contributed by atoms with van der Waals surface area (Å²) in [7, 11) is 0. The lowest BCUT2D eigenvalue weighted by molar-refractivity contribution is 0.0670. The number of carbonyl (C=O) groups excluding carboxylic acids is 3. The van der Waals surface area contributed by atoms with Crippen LogP contribution in [0.2, 0.25) is 0 Å². The molecule has 32 heavy (non-hydrogen) atoms. The molecule has 0 aliphatic carbocycles. The van der Waals surface area contributed by atoms with Crippen LogP contribution in [0.1, 0.15) is 32.4 Å². The Hall–Kier alpha value is -4.01. The first-order valence-electron chi connectivity index (χ1n) is 10.3. The average molecular weight is 436 g/mol. The number of rotatable bonds is 4. The Morgan fingerprint density at radius 3 is 2.06 bits per heavy atom. The SMILES string of the molecule is Cc1cc(C(=O)N2CCN(C(=O)Nc3ccc(NC(=O)c4ccco4)cc3)CC2)c(C)o1. The molecule has 1 aliphatic heterocycles. The van der Waals surface area contributed by atoms with E-state index in [9.17, 15) is 14.4 Å². The Morgan fingerprint density at radius 1 is 0.875 bits per heavy atom. The number of urea groups is 1. The topological polar surface area (TPSA) is 108 Å². The standard InChI is InChI=1S/C23H24N4O5/c1-15-14-19(16(2)32-15)22(29)26-9-11-27(12-10-26)23(30)25-18-7-5-17(6-8-18)24-21(28)20-4-3-13-31-20/h3-8,13-14H,9-12H2,1-2H3,(H,24,28)(H,25,30). The maximum Gasteiger partial charge on any atom is 0.321 e. The summed E-state index contributed by atoms with van der Waals surface area (Å²) in [4.78, 5) is 40.7. The van der Waals surface area contributed by atoms with Gasteiger partial charge in [-0.2, -0.15) is 0 Å². The zero-order valence-electron chi connectivity index (χ0n) is 17.9. The zero-order chi connectivity index (χ0) is 22.7. The van der Waals surface area contributed by atoms with E-state index >= 15 is 0 Å². The van der Waals surface area contributed by atoms with Crippen LogP contribution < -0.4 is 10.6 Å². The molecule has 0 unspecified atom stereocenters. The predicted molar refractivity (Wildman–Crippen MR) is 118 cm³/mol. The summed E-state index contributed by atoms with van der Waals surface area (Å²) >= 11 is 0. The third-order valence-corrected chi connectivity index (χ3v) is 5.26. The van der Waals surface area contributed by atoms with Crippen LogP contribution in [0.3, 0.4) is 0 Å². The Kier molecular flexibility index (Phi) is 5.98. The highest BCUT2D eigenvalue weighted by molar-refractivity contribution is 6.02. The molecule has 3 heterocycles. The molecule has 1 aromatic carbocycles. The first-order valence-corrected chi connectivity index (χ1v) is 10.3. The van der Waals surface area contributed by atoms with Crippen molar-refractivity contribution in [2.75, 3.05) is 36.8 Å². The second kappa shape index (κ2) is 9.01. The van der Waals surface area contributed by atoms with Crippen LogP contribution in [0.5, 0.6) is 0 Å². The first kappa shape index (κ1) is 21.2. The molecule has 0 radical (unpaired) electrons. The Balaban J connectivity index is 1.28. The molecule has 0 spiro atoms. The fourth-order valence-electron chi connectivity index (χ4n) is 3.57. The fraction of sp³-hybridized carbons (Fsp3) is 0.261. The van der Waals surface area contributed by atoms with Gasteiger partial charge in [-0.1, -0.05) is 0 Å². The first-order chi connectivity index (χ1) is 15.4. The van der Waals surface area contributed by atoms with Crippen molar-refractivity contribution in [2.24, 2.45) is 0 Å². The maximum absolute atomic E-state index is 12.7. The third-order valence-electron chi connectivity index (χ3n) is 5.26. The summed E-state index contributed by atoms with van der Waals surface area (Å²) in [6, 6.07) is 11.5. The number of carbonyl (C=O) groups is 3. The smallest absolute Gasteiger partial charge is 0.321 e. The third kappa shape index (κ3) is 4.66. The molecule has 0 bridgehead atoms. The Labute approximate surface area is 185 Å². The van der Waals surface area contributed by atoms with Crippen LogP contribution in [0.15, 0.2) is 57.6 Å². The lowest BCUT2D eigenvalue weighted by Gasteiger charge is -2.34. The normalized spacial score (nSPS) is 13.7. The van der Waals surface area contributed by atoms with E-state index in [4.69, 9.17) is 8.83 Å². The minimum atomic E-state index is -0.347. The molecule has 1 aliphatic rings. The lowest BCUT2D eigenvalue weighted by atomic mass is 10.2. The van der Waals surface area contributed by atoms with E-state index in [1.807, 2.05) is 6.92 Å². The van der Waals surface area contributed by atoms with E-state index in [-0.39, 0.29) is 23.6 Å². The van der Waals surface area contributed by atoms with Gasteiger partial charge in [0.25, 0.3) is 11.8 Å². The maximum atomic E-state index is 12.7. The van der Waals surface area contributed by atoms with Crippen molar-refractivity contribution in [3.8, 4) is 0 Å². The van der Waals surface area contributed by atoms with Gasteiger partial charge < -0.3 is 29.3 Å². The Morgan fingerprint density at radius 2 is 1.50 bits per heavy atom. The van der Waals surface area contributed by atoms with Crippen LogP contribution >= 0.6 is 0 Å². The van der Waals surface area contributed by atoms with Crippen molar-refractivity contribution in [3.05, 3.63) is 71.6 Å². The van der Waals surface area contributed by atoms with Gasteiger partial charge in [0.15, 0.2) is 5.76 Å². The lowest BCUT2D eigenvalue weighted by Crippen LogP contribution is -2.51. The number of aryl methyl sites for hydroxylation is 2. The molecule has 2 N–H and O–H groups in total. The van der Waals surface area contributed by atoms with Crippen LogP contribution in [-0.2, 0) is 0 Å². The molecule has 166 valence electrons. The van der Waals surface area contributed by atoms with Crippen molar-refractivity contribution in [1.82, 2.24) is 9.80 Å². The van der Waals surface area contributed by atoms with Gasteiger partial charge in [0.1, 0.15) is 11.5 Å². The highest BCUT2D eigenvalue weighted by Gasteiger charge is 2.26. The highest BCUT2D eigenvalue weighted by atomic mass is 16.3. The number of anilines is 2. The number of hydrogen-bond donors (Lipinski definition) is 2. The molecule has 1 saturated heterocycles. The van der Waals surface area contributed by atoms with E-state index < -0.39 is 0 Å². The second-order valence-corrected chi connectivity index (χ2v) is 7.55. The van der Waals surface area contributed by atoms with Crippen LogP contribution in [0.4, 0.5) is 16.2 Å². The van der Waals surface area contributed by atoms with Gasteiger partial charge in [0.05, 0.1) is 11.8 Å². The summed E-state index contributed by atoms with van der Waals surface area (Å²) in [6.45, 7) is 5.36. The van der Waals surface area contributed by atoms with E-state index in [2.05, 4.69) is 10.6 Å². The molecule has 0 saturated carbocycles. The van der Waals surface area contributed by atoms with Gasteiger partial charge in [-0.05, 0) is 56.3 Å². The summed E-state index contributed by atoms with van der Waals surface area (Å²) in [6.07, 6.45) is 1.43. The van der Waals surface area contributed by atoms with E-state index in [0.29, 0.717) is 54.6 Å². The van der Waals surface area contributed by atoms with Gasteiger partial charge in [0.2, 0.25) is 0 Å². The van der Waals surface area contributed by atoms with E-state index in [1.165, 1.54) is 6.26 Å². The number of nitrogens with one attached hydrogen (secondary N) is 2. The van der Waals surface area contributed by atoms with Gasteiger partial charge >= 0.3 is 6.03 Å². The van der Waals surface area contributed by atoms with Gasteiger partial charge in [-0.25, -0.2) is 4.79 Å². The molecule has 1 fully saturated rings. The number of nitrogens with zero attached hydrogens (tertiary/aromatic N) is 2. The fourth-order valence-corrected chi connectivity index (χ4v) is 3.57. The van der Waals surface area contributed by atoms with Crippen molar-refractivity contribution in [2.45, 2.75) is 13.8 Å². The van der Waals surface area contributed by atoms with Gasteiger partial charge in [-0.3, -0.25) is 9.59 Å². The minimum absolute atomic E-state index is 0.0772. The molecule has 0 atom stereocenters. The summed E-state index contributed by atoms with van der Waals surface area (Å²) in [5.41, 5.74) is 1.76. The molecule has 4 rings (SSSR count). The van der Waals surface area contributed by atoms with Gasteiger partial charge in [-0.15, -0.1) is 0 Å². The molecular formula is C23H24N4O5. The van der Waals surface area contributed by atoms with Crippen molar-refractivity contribution in [3.63, 3.8) is 0 Å². The number of hydrogen-bond acceptors (Lipinski definition) is 5. The Bertz CT molecular complexity index is 1110. The quantitative estimate of drug-likeness (QED) is 0.648. The van der Waals surface area contributed by atoms with E-state index in [0.717, 1.165) is 0 Å². The van der Waals surface area contributed by atoms with Crippen LogP contribution in [-0.4, -0.2) is 53.8 Å². The largest absolute Gasteiger partial charge is 0.466 e. The van der Waals surface area contributed by atoms with Gasteiger partial charge in [0, 0.05) is 37.6 Å². The highest BCUT2D eigenvalue weighted by Crippen LogP contribution is 2.18. The van der Waals surface area contributed by atoms with Crippen molar-refractivity contribution < 1.29 is 23.2 Å².